The maximum absolute atomic E-state index is 12.9. The number of allylic oxidation sites excluding steroid dienone is 2. The van der Waals surface area contributed by atoms with Crippen LogP contribution in [0.2, 0.25) is 0 Å². The number of morpholine rings is 1. The Bertz CT molecular complexity index is 485. The second-order valence-corrected chi connectivity index (χ2v) is 7.47. The number of hydrogen-bond acceptors (Lipinski definition) is 3. The van der Waals surface area contributed by atoms with Crippen molar-refractivity contribution >= 4 is 11.8 Å². The molecule has 1 aliphatic heterocycles. The Labute approximate surface area is 144 Å². The summed E-state index contributed by atoms with van der Waals surface area (Å²) in [4.78, 5) is 27.6. The predicted octanol–water partition coefficient (Wildman–Crippen LogP) is 2.12. The normalized spacial score (nSPS) is 34.0. The highest BCUT2D eigenvalue weighted by atomic mass is 16.5. The summed E-state index contributed by atoms with van der Waals surface area (Å²) < 4.78 is 5.34. The van der Waals surface area contributed by atoms with Gasteiger partial charge in [-0.3, -0.25) is 9.59 Å². The highest BCUT2D eigenvalue weighted by Crippen LogP contribution is 2.30. The van der Waals surface area contributed by atoms with Gasteiger partial charge in [-0.2, -0.15) is 0 Å². The van der Waals surface area contributed by atoms with Gasteiger partial charge in [0.1, 0.15) is 0 Å². The molecule has 0 bridgehead atoms. The van der Waals surface area contributed by atoms with Crippen LogP contribution in [0.5, 0.6) is 0 Å². The number of carbonyl (C=O) groups is 2. The van der Waals surface area contributed by atoms with Gasteiger partial charge in [-0.05, 0) is 31.6 Å². The zero-order valence-electron chi connectivity index (χ0n) is 14.7. The topological polar surface area (TPSA) is 58.6 Å². The zero-order valence-corrected chi connectivity index (χ0v) is 14.7. The highest BCUT2D eigenvalue weighted by Gasteiger charge is 2.37. The molecule has 1 heterocycles. The molecule has 24 heavy (non-hydrogen) atoms. The molecular weight excluding hydrogens is 304 g/mol. The molecule has 1 N–H and O–H groups in total. The van der Waals surface area contributed by atoms with Crippen LogP contribution < -0.4 is 5.32 Å². The summed E-state index contributed by atoms with van der Waals surface area (Å²) in [5.74, 6) is 0.297. The second kappa shape index (κ2) is 8.15. The summed E-state index contributed by atoms with van der Waals surface area (Å²) in [6, 6.07) is 0.274. The molecule has 3 aliphatic rings. The van der Waals surface area contributed by atoms with Gasteiger partial charge >= 0.3 is 0 Å². The van der Waals surface area contributed by atoms with Crippen molar-refractivity contribution in [2.75, 3.05) is 26.3 Å². The predicted molar refractivity (Wildman–Crippen MR) is 92.3 cm³/mol. The van der Waals surface area contributed by atoms with Gasteiger partial charge in [0.15, 0.2) is 0 Å². The van der Waals surface area contributed by atoms with Gasteiger partial charge in [0.25, 0.3) is 0 Å². The number of carbonyl (C=O) groups excluding carboxylic acids is 2. The third-order valence-electron chi connectivity index (χ3n) is 5.85. The van der Waals surface area contributed by atoms with Crippen molar-refractivity contribution < 1.29 is 14.3 Å². The lowest BCUT2D eigenvalue weighted by atomic mass is 9.80. The second-order valence-electron chi connectivity index (χ2n) is 7.47. The first-order chi connectivity index (χ1) is 11.7. The van der Waals surface area contributed by atoms with Crippen molar-refractivity contribution in [2.24, 2.45) is 17.8 Å². The van der Waals surface area contributed by atoms with E-state index in [1.807, 2.05) is 4.90 Å². The number of amides is 2. The Kier molecular flexibility index (Phi) is 5.93. The molecule has 0 aromatic rings. The minimum atomic E-state index is -0.223. The van der Waals surface area contributed by atoms with Crippen molar-refractivity contribution in [1.29, 1.82) is 0 Å². The van der Waals surface area contributed by atoms with E-state index in [0.717, 1.165) is 6.42 Å². The van der Waals surface area contributed by atoms with Gasteiger partial charge in [-0.25, -0.2) is 0 Å². The smallest absolute Gasteiger partial charge is 0.226 e. The number of ether oxygens (including phenoxy) is 1. The van der Waals surface area contributed by atoms with Crippen molar-refractivity contribution in [2.45, 2.75) is 51.5 Å². The fraction of sp³-hybridized carbons (Fsp3) is 0.789. The quantitative estimate of drug-likeness (QED) is 0.804. The van der Waals surface area contributed by atoms with Crippen molar-refractivity contribution in [3.8, 4) is 0 Å². The lowest BCUT2D eigenvalue weighted by Crippen LogP contribution is -2.50. The van der Waals surface area contributed by atoms with E-state index in [9.17, 15) is 9.59 Å². The van der Waals surface area contributed by atoms with Crippen LogP contribution in [0.3, 0.4) is 0 Å². The van der Waals surface area contributed by atoms with Crippen LogP contribution in [-0.2, 0) is 14.3 Å². The molecule has 4 atom stereocenters. The number of nitrogens with zero attached hydrogens (tertiary/aromatic N) is 1. The van der Waals surface area contributed by atoms with E-state index in [-0.39, 0.29) is 29.7 Å². The molecule has 0 spiro atoms. The maximum atomic E-state index is 12.9. The first-order valence-electron chi connectivity index (χ1n) is 9.48. The van der Waals surface area contributed by atoms with Crippen LogP contribution in [0.1, 0.15) is 45.4 Å². The average Bonchev–Trinajstić information content (AvgIpc) is 2.63. The summed E-state index contributed by atoms with van der Waals surface area (Å²) in [6.45, 7) is 4.72. The molecule has 2 aliphatic carbocycles. The van der Waals surface area contributed by atoms with Gasteiger partial charge in [0, 0.05) is 19.1 Å². The first-order valence-corrected chi connectivity index (χ1v) is 9.48. The Morgan fingerprint density at radius 3 is 2.42 bits per heavy atom. The minimum Gasteiger partial charge on any atom is -0.378 e. The lowest BCUT2D eigenvalue weighted by Gasteiger charge is -2.36. The maximum Gasteiger partial charge on any atom is 0.226 e. The third-order valence-corrected chi connectivity index (χ3v) is 5.85. The van der Waals surface area contributed by atoms with Crippen molar-refractivity contribution in [1.82, 2.24) is 10.2 Å². The average molecular weight is 334 g/mol. The fourth-order valence-electron chi connectivity index (χ4n) is 4.22. The lowest BCUT2D eigenvalue weighted by molar-refractivity contribution is -0.145. The van der Waals surface area contributed by atoms with Crippen LogP contribution in [0.25, 0.3) is 0 Å². The van der Waals surface area contributed by atoms with Gasteiger partial charge in [-0.1, -0.05) is 31.9 Å². The Morgan fingerprint density at radius 2 is 1.71 bits per heavy atom. The van der Waals surface area contributed by atoms with Crippen molar-refractivity contribution in [3.63, 3.8) is 0 Å². The molecule has 4 unspecified atom stereocenters. The molecule has 2 fully saturated rings. The summed E-state index contributed by atoms with van der Waals surface area (Å²) >= 11 is 0. The number of nitrogens with one attached hydrogen (secondary N) is 1. The van der Waals surface area contributed by atoms with E-state index < -0.39 is 0 Å². The van der Waals surface area contributed by atoms with Crippen LogP contribution in [0, 0.1) is 17.8 Å². The molecule has 5 heteroatoms. The highest BCUT2D eigenvalue weighted by molar-refractivity contribution is 5.88. The molecule has 5 nitrogen and oxygen atoms in total. The molecule has 134 valence electrons. The van der Waals surface area contributed by atoms with Crippen LogP contribution in [-0.4, -0.2) is 49.1 Å². The van der Waals surface area contributed by atoms with Crippen LogP contribution in [0.4, 0.5) is 0 Å². The van der Waals surface area contributed by atoms with E-state index in [1.54, 1.807) is 0 Å². The molecule has 0 aromatic carbocycles. The molecule has 1 saturated heterocycles. The van der Waals surface area contributed by atoms with E-state index in [0.29, 0.717) is 45.1 Å². The summed E-state index contributed by atoms with van der Waals surface area (Å²) in [5.41, 5.74) is 0. The summed E-state index contributed by atoms with van der Waals surface area (Å²) in [7, 11) is 0. The van der Waals surface area contributed by atoms with E-state index in [2.05, 4.69) is 24.4 Å². The minimum absolute atomic E-state index is 0.0738. The largest absolute Gasteiger partial charge is 0.378 e. The number of hydrogen-bond donors (Lipinski definition) is 1. The SMILES string of the molecule is CC1CCCCC1NC(=O)C1CC=CCC1C(=O)N1CCOCC1. The molecule has 2 amide bonds. The van der Waals surface area contributed by atoms with E-state index in [1.165, 1.54) is 19.3 Å². The van der Waals surface area contributed by atoms with Gasteiger partial charge in [0.2, 0.25) is 11.8 Å². The van der Waals surface area contributed by atoms with Gasteiger partial charge < -0.3 is 15.0 Å². The molecule has 3 rings (SSSR count). The number of rotatable bonds is 3. The monoisotopic (exact) mass is 334 g/mol. The van der Waals surface area contributed by atoms with E-state index >= 15 is 0 Å². The first kappa shape index (κ1) is 17.5. The van der Waals surface area contributed by atoms with Crippen LogP contribution in [0.15, 0.2) is 12.2 Å². The van der Waals surface area contributed by atoms with Gasteiger partial charge in [-0.15, -0.1) is 0 Å². The third kappa shape index (κ3) is 4.00. The Balaban J connectivity index is 1.64. The van der Waals surface area contributed by atoms with Gasteiger partial charge in [0.05, 0.1) is 25.0 Å². The molecule has 1 saturated carbocycles. The zero-order chi connectivity index (χ0) is 16.9. The Morgan fingerprint density at radius 1 is 1.04 bits per heavy atom. The van der Waals surface area contributed by atoms with Crippen molar-refractivity contribution in [3.05, 3.63) is 12.2 Å². The standard InChI is InChI=1S/C19H30N2O3/c1-14-6-2-5-9-17(14)20-18(22)15-7-3-4-8-16(15)19(23)21-10-12-24-13-11-21/h3-4,14-17H,2,5-13H2,1H3,(H,20,22). The summed E-state index contributed by atoms with van der Waals surface area (Å²) in [6.07, 6.45) is 10.2. The molecule has 0 radical (unpaired) electrons. The van der Waals surface area contributed by atoms with Crippen LogP contribution >= 0.6 is 0 Å². The van der Waals surface area contributed by atoms with E-state index in [4.69, 9.17) is 4.74 Å². The molecule has 0 aromatic heterocycles. The summed E-state index contributed by atoms with van der Waals surface area (Å²) in [5, 5.41) is 3.26. The Hall–Kier alpha value is -1.36. The molecular formula is C19H30N2O3. The fourth-order valence-corrected chi connectivity index (χ4v) is 4.22.